The summed E-state index contributed by atoms with van der Waals surface area (Å²) in [4.78, 5) is 11.6. The third-order valence-electron chi connectivity index (χ3n) is 3.06. The molecule has 26 heavy (non-hydrogen) atoms. The summed E-state index contributed by atoms with van der Waals surface area (Å²) in [5, 5.41) is 2.36. The summed E-state index contributed by atoms with van der Waals surface area (Å²) in [6.45, 7) is -1.70. The van der Waals surface area contributed by atoms with Gasteiger partial charge >= 0.3 is 6.18 Å². The zero-order valence-corrected chi connectivity index (χ0v) is 15.2. The van der Waals surface area contributed by atoms with Crippen LogP contribution in [0.15, 0.2) is 51.8 Å². The molecule has 0 aliphatic rings. The standard InChI is InChI=1S/C15H11BrF4N2O3S/c16-9-1-6-12(13(17)7-9)14(23)22-10-2-4-11(5-3-10)26(24,25)21-8-15(18,19)20/h1-7,21H,8H2,(H,22,23). The predicted molar refractivity (Wildman–Crippen MR) is 89.7 cm³/mol. The highest BCUT2D eigenvalue weighted by atomic mass is 79.9. The highest BCUT2D eigenvalue weighted by Gasteiger charge is 2.30. The normalized spacial score (nSPS) is 12.0. The molecule has 5 nitrogen and oxygen atoms in total. The molecule has 0 saturated carbocycles. The molecule has 2 N–H and O–H groups in total. The first-order valence-corrected chi connectivity index (χ1v) is 9.18. The molecule has 0 unspecified atom stereocenters. The molecular weight excluding hydrogens is 444 g/mol. The molecule has 0 spiro atoms. The fourth-order valence-electron chi connectivity index (χ4n) is 1.85. The van der Waals surface area contributed by atoms with Gasteiger partial charge in [-0.25, -0.2) is 17.5 Å². The van der Waals surface area contributed by atoms with E-state index < -0.39 is 39.4 Å². The SMILES string of the molecule is O=C(Nc1ccc(S(=O)(=O)NCC(F)(F)F)cc1)c1ccc(Br)cc1F. The van der Waals surface area contributed by atoms with Gasteiger partial charge in [-0.3, -0.25) is 4.79 Å². The molecule has 2 rings (SSSR count). The number of halogens is 5. The second-order valence-electron chi connectivity index (χ2n) is 5.04. The van der Waals surface area contributed by atoms with E-state index in [1.54, 1.807) is 0 Å². The first kappa shape index (κ1) is 20.3. The molecule has 11 heteroatoms. The topological polar surface area (TPSA) is 75.3 Å². The Morgan fingerprint density at radius 3 is 2.23 bits per heavy atom. The minimum absolute atomic E-state index is 0.145. The lowest BCUT2D eigenvalue weighted by atomic mass is 10.2. The van der Waals surface area contributed by atoms with Gasteiger partial charge in [0.25, 0.3) is 5.91 Å². The Hall–Kier alpha value is -1.98. The van der Waals surface area contributed by atoms with Crippen molar-refractivity contribution < 1.29 is 30.8 Å². The maximum Gasteiger partial charge on any atom is 0.402 e. The van der Waals surface area contributed by atoms with E-state index in [0.29, 0.717) is 4.47 Å². The average Bonchev–Trinajstić information content (AvgIpc) is 2.53. The maximum absolute atomic E-state index is 13.7. The second kappa shape index (κ2) is 7.72. The minimum Gasteiger partial charge on any atom is -0.322 e. The summed E-state index contributed by atoms with van der Waals surface area (Å²) in [5.74, 6) is -1.52. The number of carbonyl (C=O) groups is 1. The van der Waals surface area contributed by atoms with Crippen LogP contribution in [-0.4, -0.2) is 27.0 Å². The molecule has 0 bridgehead atoms. The van der Waals surface area contributed by atoms with Crippen molar-refractivity contribution in [2.24, 2.45) is 0 Å². The van der Waals surface area contributed by atoms with Gasteiger partial charge < -0.3 is 5.32 Å². The lowest BCUT2D eigenvalue weighted by molar-refractivity contribution is -0.121. The fraction of sp³-hybridized carbons (Fsp3) is 0.133. The van der Waals surface area contributed by atoms with Crippen LogP contribution in [0.1, 0.15) is 10.4 Å². The van der Waals surface area contributed by atoms with E-state index in [9.17, 15) is 30.8 Å². The zero-order chi connectivity index (χ0) is 19.5. The minimum atomic E-state index is -4.68. The van der Waals surface area contributed by atoms with Crippen LogP contribution >= 0.6 is 15.9 Å². The fourth-order valence-corrected chi connectivity index (χ4v) is 3.20. The van der Waals surface area contributed by atoms with Gasteiger partial charge in [0, 0.05) is 10.2 Å². The summed E-state index contributed by atoms with van der Waals surface area (Å²) in [7, 11) is -4.35. The molecule has 0 aliphatic carbocycles. The van der Waals surface area contributed by atoms with Crippen molar-refractivity contribution in [2.45, 2.75) is 11.1 Å². The molecule has 0 fully saturated rings. The molecule has 0 saturated heterocycles. The summed E-state index contributed by atoms with van der Waals surface area (Å²) in [6, 6.07) is 8.23. The zero-order valence-electron chi connectivity index (χ0n) is 12.8. The first-order chi connectivity index (χ1) is 12.0. The predicted octanol–water partition coefficient (Wildman–Crippen LogP) is 3.68. The lowest BCUT2D eigenvalue weighted by Gasteiger charge is -2.10. The summed E-state index contributed by atoms with van der Waals surface area (Å²) >= 11 is 3.06. The van der Waals surface area contributed by atoms with Crippen molar-refractivity contribution in [3.8, 4) is 0 Å². The molecule has 2 aromatic rings. The third-order valence-corrected chi connectivity index (χ3v) is 4.97. The quantitative estimate of drug-likeness (QED) is 0.676. The summed E-state index contributed by atoms with van der Waals surface area (Å²) in [5.41, 5.74) is -0.0798. The highest BCUT2D eigenvalue weighted by Crippen LogP contribution is 2.19. The Labute approximate surface area is 154 Å². The molecule has 0 heterocycles. The maximum atomic E-state index is 13.7. The Morgan fingerprint density at radius 1 is 1.08 bits per heavy atom. The van der Waals surface area contributed by atoms with Crippen LogP contribution in [-0.2, 0) is 10.0 Å². The molecule has 0 atom stereocenters. The number of amides is 1. The van der Waals surface area contributed by atoms with Gasteiger partial charge in [-0.1, -0.05) is 15.9 Å². The number of rotatable bonds is 5. The van der Waals surface area contributed by atoms with Crippen LogP contribution in [0, 0.1) is 5.82 Å². The van der Waals surface area contributed by atoms with Crippen LogP contribution in [0.2, 0.25) is 0 Å². The van der Waals surface area contributed by atoms with Crippen molar-refractivity contribution in [2.75, 3.05) is 11.9 Å². The average molecular weight is 455 g/mol. The number of hydrogen-bond acceptors (Lipinski definition) is 3. The van der Waals surface area contributed by atoms with Crippen molar-refractivity contribution in [3.63, 3.8) is 0 Å². The summed E-state index contributed by atoms with van der Waals surface area (Å²) < 4.78 is 75.5. The molecular formula is C15H11BrF4N2O3S. The number of nitrogens with one attached hydrogen (secondary N) is 2. The van der Waals surface area contributed by atoms with Gasteiger partial charge in [0.05, 0.1) is 10.5 Å². The second-order valence-corrected chi connectivity index (χ2v) is 7.73. The van der Waals surface area contributed by atoms with Crippen LogP contribution in [0.4, 0.5) is 23.2 Å². The monoisotopic (exact) mass is 454 g/mol. The Morgan fingerprint density at radius 2 is 1.69 bits per heavy atom. The number of anilines is 1. The van der Waals surface area contributed by atoms with Gasteiger partial charge in [0.15, 0.2) is 0 Å². The molecule has 0 aliphatic heterocycles. The van der Waals surface area contributed by atoms with Gasteiger partial charge in [0.2, 0.25) is 10.0 Å². The number of alkyl halides is 3. The van der Waals surface area contributed by atoms with Crippen LogP contribution in [0.5, 0.6) is 0 Å². The van der Waals surface area contributed by atoms with Crippen molar-refractivity contribution in [1.82, 2.24) is 4.72 Å². The van der Waals surface area contributed by atoms with Crippen LogP contribution < -0.4 is 10.0 Å². The molecule has 1 amide bonds. The lowest BCUT2D eigenvalue weighted by Crippen LogP contribution is -2.33. The van der Waals surface area contributed by atoms with Crippen molar-refractivity contribution >= 4 is 37.5 Å². The molecule has 0 radical (unpaired) electrons. The van der Waals surface area contributed by atoms with E-state index in [0.717, 1.165) is 18.2 Å². The smallest absolute Gasteiger partial charge is 0.322 e. The van der Waals surface area contributed by atoms with Gasteiger partial charge in [-0.15, -0.1) is 0 Å². The van der Waals surface area contributed by atoms with E-state index in [2.05, 4.69) is 21.2 Å². The van der Waals surface area contributed by atoms with Gasteiger partial charge in [-0.05, 0) is 42.5 Å². The Balaban J connectivity index is 2.10. The molecule has 2 aromatic carbocycles. The van der Waals surface area contributed by atoms with Crippen LogP contribution in [0.25, 0.3) is 0 Å². The van der Waals surface area contributed by atoms with E-state index >= 15 is 0 Å². The number of sulfonamides is 1. The molecule has 140 valence electrons. The largest absolute Gasteiger partial charge is 0.402 e. The Kier molecular flexibility index (Phi) is 6.04. The number of benzene rings is 2. The van der Waals surface area contributed by atoms with Crippen molar-refractivity contribution in [1.29, 1.82) is 0 Å². The van der Waals surface area contributed by atoms with Crippen LogP contribution in [0.3, 0.4) is 0 Å². The number of carbonyl (C=O) groups excluding carboxylic acids is 1. The van der Waals surface area contributed by atoms with E-state index in [1.807, 2.05) is 0 Å². The Bertz CT molecular complexity index is 915. The van der Waals surface area contributed by atoms with Gasteiger partial charge in [0.1, 0.15) is 12.4 Å². The highest BCUT2D eigenvalue weighted by molar-refractivity contribution is 9.10. The molecule has 0 aromatic heterocycles. The van der Waals surface area contributed by atoms with E-state index in [-0.39, 0.29) is 11.3 Å². The van der Waals surface area contributed by atoms with Crippen molar-refractivity contribution in [3.05, 3.63) is 58.3 Å². The van der Waals surface area contributed by atoms with E-state index in [1.165, 1.54) is 29.0 Å². The first-order valence-electron chi connectivity index (χ1n) is 6.91. The van der Waals surface area contributed by atoms with E-state index in [4.69, 9.17) is 0 Å². The summed E-state index contributed by atoms with van der Waals surface area (Å²) in [6.07, 6.45) is -4.68. The third kappa shape index (κ3) is 5.51. The van der Waals surface area contributed by atoms with Gasteiger partial charge in [-0.2, -0.15) is 13.2 Å². The number of hydrogen-bond donors (Lipinski definition) is 2.